The molecule has 0 aliphatic carbocycles. The number of ether oxygens (including phenoxy) is 6. The molecule has 456 valence electrons. The van der Waals surface area contributed by atoms with Crippen molar-refractivity contribution < 1.29 is 69.0 Å². The minimum absolute atomic E-state index is 0.0677. The Morgan fingerprint density at radius 2 is 0.766 bits per heavy atom. The summed E-state index contributed by atoms with van der Waals surface area (Å²) < 4.78 is 34.5. The summed E-state index contributed by atoms with van der Waals surface area (Å²) in [6.07, 6.45) is 41.4. The van der Waals surface area contributed by atoms with E-state index in [1.807, 2.05) is 0 Å². The smallest absolute Gasteiger partial charge is 0.306 e. The molecular weight excluding hydrogens is 981 g/mol. The Bertz CT molecular complexity index is 1320. The predicted octanol–water partition coefficient (Wildman–Crippen LogP) is 12.5. The van der Waals surface area contributed by atoms with Crippen LogP contribution in [0, 0.1) is 0 Å². The minimum atomic E-state index is -1.70. The zero-order valence-corrected chi connectivity index (χ0v) is 49.2. The molecule has 2 heterocycles. The molecule has 7 N–H and O–H groups in total. The van der Waals surface area contributed by atoms with Gasteiger partial charge in [0.15, 0.2) is 12.6 Å². The van der Waals surface area contributed by atoms with Crippen molar-refractivity contribution in [2.24, 2.45) is 0 Å². The summed E-state index contributed by atoms with van der Waals surface area (Å²) in [5.74, 6) is -0.371. The Morgan fingerprint density at radius 3 is 1.18 bits per heavy atom. The molecule has 11 unspecified atom stereocenters. The van der Waals surface area contributed by atoms with E-state index in [0.717, 1.165) is 38.5 Å². The van der Waals surface area contributed by atoms with Crippen molar-refractivity contribution >= 4 is 5.97 Å². The van der Waals surface area contributed by atoms with Crippen LogP contribution in [0.25, 0.3) is 0 Å². The Morgan fingerprint density at radius 1 is 0.416 bits per heavy atom. The van der Waals surface area contributed by atoms with Crippen molar-refractivity contribution in [3.05, 3.63) is 12.2 Å². The molecule has 11 atom stereocenters. The quantitative estimate of drug-likeness (QED) is 0.0172. The third-order valence-corrected chi connectivity index (χ3v) is 15.8. The fourth-order valence-electron chi connectivity index (χ4n) is 10.6. The molecule has 0 aromatic rings. The normalized spacial score (nSPS) is 24.3. The number of unbranched alkanes of at least 4 members (excludes halogenated alkanes) is 38. The van der Waals surface area contributed by atoms with Gasteiger partial charge in [-0.3, -0.25) is 4.79 Å². The van der Waals surface area contributed by atoms with Gasteiger partial charge in [0.05, 0.1) is 26.4 Å². The second-order valence-electron chi connectivity index (χ2n) is 22.9. The zero-order valence-electron chi connectivity index (χ0n) is 49.2. The number of esters is 1. The number of hydrogen-bond acceptors (Lipinski definition) is 14. The molecule has 0 bridgehead atoms. The SMILES string of the molecule is CCCCCCCC/C=C\CCCCCCCCCCCC(=O)OC(COCCCCCCCCCCCCCCCCCCCCCCCCCC)COC1OC(COC2OC(CO)C(O)C(O)C2O)C(O)C(O)C1O. The van der Waals surface area contributed by atoms with Gasteiger partial charge in [-0.15, -0.1) is 0 Å². The van der Waals surface area contributed by atoms with Crippen LogP contribution in [0.5, 0.6) is 0 Å². The van der Waals surface area contributed by atoms with E-state index in [1.54, 1.807) is 0 Å². The number of hydrogen-bond donors (Lipinski definition) is 7. The van der Waals surface area contributed by atoms with Gasteiger partial charge in [0, 0.05) is 13.0 Å². The Hall–Kier alpha value is -1.27. The lowest BCUT2D eigenvalue weighted by atomic mass is 9.98. The number of aliphatic hydroxyl groups is 7. The molecular formula is C63H120O14. The summed E-state index contributed by atoms with van der Waals surface area (Å²) >= 11 is 0. The highest BCUT2D eigenvalue weighted by Crippen LogP contribution is 2.27. The summed E-state index contributed by atoms with van der Waals surface area (Å²) in [5.41, 5.74) is 0. The first kappa shape index (κ1) is 71.8. The Kier molecular flexibility index (Phi) is 47.1. The van der Waals surface area contributed by atoms with E-state index in [9.17, 15) is 40.5 Å². The zero-order chi connectivity index (χ0) is 55.8. The molecule has 14 heteroatoms. The Balaban J connectivity index is 1.66. The molecule has 0 saturated carbocycles. The van der Waals surface area contributed by atoms with Gasteiger partial charge >= 0.3 is 5.97 Å². The lowest BCUT2D eigenvalue weighted by Crippen LogP contribution is -2.61. The van der Waals surface area contributed by atoms with Crippen LogP contribution in [0.15, 0.2) is 12.2 Å². The molecule has 77 heavy (non-hydrogen) atoms. The second kappa shape index (κ2) is 50.5. The fourth-order valence-corrected chi connectivity index (χ4v) is 10.6. The van der Waals surface area contributed by atoms with Crippen LogP contribution in [0.2, 0.25) is 0 Å². The number of aliphatic hydroxyl groups excluding tert-OH is 7. The van der Waals surface area contributed by atoms with Crippen LogP contribution in [-0.4, -0.2) is 142 Å². The highest BCUT2D eigenvalue weighted by molar-refractivity contribution is 5.69. The molecule has 0 aromatic heterocycles. The fraction of sp³-hybridized carbons (Fsp3) is 0.952. The van der Waals surface area contributed by atoms with Crippen LogP contribution in [-0.2, 0) is 33.2 Å². The topological polar surface area (TPSA) is 214 Å². The standard InChI is InChI=1S/C63H120O14/c1-3-5-7-9-11-13-15-17-19-21-23-24-25-26-27-29-31-33-35-37-39-41-43-45-47-72-49-52(75-55(65)46-44-42-40-38-36-34-32-30-28-22-20-18-16-14-12-10-8-6-4-2)50-73-62-61(71)59(69)57(67)54(77-62)51-74-63-60(70)58(68)56(66)53(48-64)76-63/h18,20,52-54,56-64,66-71H,3-17,19,21-51H2,1-2H3/b20-18-. The summed E-state index contributed by atoms with van der Waals surface area (Å²) in [6, 6.07) is 0. The Labute approximate surface area is 469 Å². The molecule has 0 spiro atoms. The van der Waals surface area contributed by atoms with Crippen molar-refractivity contribution in [1.82, 2.24) is 0 Å². The van der Waals surface area contributed by atoms with Gasteiger partial charge < -0.3 is 64.2 Å². The summed E-state index contributed by atoms with van der Waals surface area (Å²) in [4.78, 5) is 13.1. The lowest BCUT2D eigenvalue weighted by Gasteiger charge is -2.42. The van der Waals surface area contributed by atoms with E-state index in [-0.39, 0.29) is 25.6 Å². The average Bonchev–Trinajstić information content (AvgIpc) is 3.43. The number of rotatable bonds is 54. The largest absolute Gasteiger partial charge is 0.457 e. The van der Waals surface area contributed by atoms with E-state index < -0.39 is 80.7 Å². The molecule has 0 aromatic carbocycles. The summed E-state index contributed by atoms with van der Waals surface area (Å²) in [7, 11) is 0. The van der Waals surface area contributed by atoms with Gasteiger partial charge in [-0.1, -0.05) is 251 Å². The molecule has 2 saturated heterocycles. The van der Waals surface area contributed by atoms with Gasteiger partial charge in [-0.05, 0) is 38.5 Å². The van der Waals surface area contributed by atoms with E-state index in [1.165, 1.54) is 218 Å². The van der Waals surface area contributed by atoms with Gasteiger partial charge in [0.2, 0.25) is 0 Å². The van der Waals surface area contributed by atoms with Gasteiger partial charge in [0.25, 0.3) is 0 Å². The third kappa shape index (κ3) is 36.7. The second-order valence-corrected chi connectivity index (χ2v) is 22.9. The van der Waals surface area contributed by atoms with Crippen LogP contribution in [0.1, 0.15) is 284 Å². The van der Waals surface area contributed by atoms with E-state index in [4.69, 9.17) is 28.4 Å². The van der Waals surface area contributed by atoms with Crippen molar-refractivity contribution in [1.29, 1.82) is 0 Å². The predicted molar refractivity (Wildman–Crippen MR) is 307 cm³/mol. The van der Waals surface area contributed by atoms with Crippen LogP contribution >= 0.6 is 0 Å². The molecule has 2 aliphatic heterocycles. The van der Waals surface area contributed by atoms with Gasteiger partial charge in [-0.25, -0.2) is 0 Å². The first-order valence-corrected chi connectivity index (χ1v) is 32.3. The van der Waals surface area contributed by atoms with Crippen molar-refractivity contribution in [2.45, 2.75) is 351 Å². The van der Waals surface area contributed by atoms with Crippen molar-refractivity contribution in [2.75, 3.05) is 33.0 Å². The van der Waals surface area contributed by atoms with Crippen LogP contribution in [0.3, 0.4) is 0 Å². The number of carbonyl (C=O) groups is 1. The van der Waals surface area contributed by atoms with Crippen LogP contribution < -0.4 is 0 Å². The first-order chi connectivity index (χ1) is 37.6. The molecule has 2 aliphatic rings. The minimum Gasteiger partial charge on any atom is -0.457 e. The number of allylic oxidation sites excluding steroid dienone is 2. The molecule has 0 amide bonds. The van der Waals surface area contributed by atoms with E-state index in [0.29, 0.717) is 13.0 Å². The highest BCUT2D eigenvalue weighted by Gasteiger charge is 2.47. The maximum absolute atomic E-state index is 13.1. The van der Waals surface area contributed by atoms with Gasteiger partial charge in [0.1, 0.15) is 54.9 Å². The summed E-state index contributed by atoms with van der Waals surface area (Å²) in [5, 5.41) is 72.5. The van der Waals surface area contributed by atoms with Gasteiger partial charge in [-0.2, -0.15) is 0 Å². The highest BCUT2D eigenvalue weighted by atomic mass is 16.7. The first-order valence-electron chi connectivity index (χ1n) is 32.3. The molecule has 2 fully saturated rings. The summed E-state index contributed by atoms with van der Waals surface area (Å²) in [6.45, 7) is 3.76. The monoisotopic (exact) mass is 1100 g/mol. The third-order valence-electron chi connectivity index (χ3n) is 15.8. The maximum atomic E-state index is 13.1. The molecule has 0 radical (unpaired) electrons. The van der Waals surface area contributed by atoms with Crippen molar-refractivity contribution in [3.63, 3.8) is 0 Å². The van der Waals surface area contributed by atoms with Crippen molar-refractivity contribution in [3.8, 4) is 0 Å². The number of carbonyl (C=O) groups excluding carboxylic acids is 1. The lowest BCUT2D eigenvalue weighted by molar-refractivity contribution is -0.332. The molecule has 14 nitrogen and oxygen atoms in total. The van der Waals surface area contributed by atoms with Crippen LogP contribution in [0.4, 0.5) is 0 Å². The molecule has 2 rings (SSSR count). The maximum Gasteiger partial charge on any atom is 0.306 e. The van der Waals surface area contributed by atoms with E-state index >= 15 is 0 Å². The van der Waals surface area contributed by atoms with E-state index in [2.05, 4.69) is 26.0 Å². The average molecular weight is 1100 g/mol.